The lowest BCUT2D eigenvalue weighted by Gasteiger charge is -2.23. The molecule has 0 aliphatic heterocycles. The first-order chi connectivity index (χ1) is 11.5. The molecule has 0 saturated heterocycles. The lowest BCUT2D eigenvalue weighted by atomic mass is 10.1. The van der Waals surface area contributed by atoms with Crippen molar-refractivity contribution in [2.45, 2.75) is 13.0 Å². The van der Waals surface area contributed by atoms with Gasteiger partial charge in [-0.05, 0) is 25.1 Å². The van der Waals surface area contributed by atoms with Gasteiger partial charge < -0.3 is 9.32 Å². The Balaban J connectivity index is 1.91. The van der Waals surface area contributed by atoms with E-state index in [1.807, 2.05) is 37.3 Å². The highest BCUT2D eigenvalue weighted by Gasteiger charge is 2.26. The van der Waals surface area contributed by atoms with Gasteiger partial charge in [0.2, 0.25) is 0 Å². The molecule has 0 bridgehead atoms. The third kappa shape index (κ3) is 2.74. The molecule has 0 N–H and O–H groups in total. The number of fused-ring (bicyclic) bond motifs is 1. The molecule has 3 rings (SSSR count). The van der Waals surface area contributed by atoms with Crippen LogP contribution in [0.3, 0.4) is 0 Å². The fraction of sp³-hybridized carbons (Fsp3) is 0.167. The van der Waals surface area contributed by atoms with Crippen LogP contribution in [0.25, 0.3) is 11.0 Å². The monoisotopic (exact) mass is 324 g/mol. The number of nitro benzene ring substituents is 1. The lowest BCUT2D eigenvalue weighted by molar-refractivity contribution is -0.385. The molecule has 1 unspecified atom stereocenters. The molecule has 0 radical (unpaired) electrons. The number of hydrogen-bond acceptors (Lipinski definition) is 4. The number of furan rings is 1. The fourth-order valence-electron chi connectivity index (χ4n) is 2.58. The molecule has 6 nitrogen and oxygen atoms in total. The minimum absolute atomic E-state index is 0.0629. The number of amides is 1. The molecule has 0 aliphatic carbocycles. The van der Waals surface area contributed by atoms with E-state index in [4.69, 9.17) is 4.42 Å². The third-order valence-corrected chi connectivity index (χ3v) is 4.09. The Hall–Kier alpha value is -3.15. The molecule has 0 aliphatic rings. The third-order valence-electron chi connectivity index (χ3n) is 4.09. The van der Waals surface area contributed by atoms with E-state index in [1.165, 1.54) is 23.1 Å². The molecular formula is C18H16N2O4. The smallest absolute Gasteiger partial charge is 0.282 e. The van der Waals surface area contributed by atoms with Gasteiger partial charge >= 0.3 is 0 Å². The van der Waals surface area contributed by atoms with Crippen LogP contribution < -0.4 is 0 Å². The maximum atomic E-state index is 12.7. The van der Waals surface area contributed by atoms with Gasteiger partial charge in [0.05, 0.1) is 11.0 Å². The van der Waals surface area contributed by atoms with Gasteiger partial charge in [-0.2, -0.15) is 0 Å². The molecular weight excluding hydrogens is 308 g/mol. The zero-order chi connectivity index (χ0) is 17.3. The summed E-state index contributed by atoms with van der Waals surface area (Å²) in [5.74, 6) is 0.209. The zero-order valence-corrected chi connectivity index (χ0v) is 13.3. The first kappa shape index (κ1) is 15.7. The van der Waals surface area contributed by atoms with Gasteiger partial charge in [0, 0.05) is 18.5 Å². The number of hydrogen-bond donors (Lipinski definition) is 0. The van der Waals surface area contributed by atoms with Crippen molar-refractivity contribution in [1.29, 1.82) is 0 Å². The van der Waals surface area contributed by atoms with E-state index in [9.17, 15) is 14.9 Å². The largest absolute Gasteiger partial charge is 0.459 e. The average molecular weight is 324 g/mol. The second-order valence-electron chi connectivity index (χ2n) is 5.55. The Morgan fingerprint density at radius 3 is 2.54 bits per heavy atom. The maximum absolute atomic E-state index is 12.7. The maximum Gasteiger partial charge on any atom is 0.282 e. The molecule has 1 amide bonds. The first-order valence-electron chi connectivity index (χ1n) is 7.48. The van der Waals surface area contributed by atoms with Crippen LogP contribution in [0.1, 0.15) is 29.1 Å². The van der Waals surface area contributed by atoms with Gasteiger partial charge in [0.1, 0.15) is 16.9 Å². The van der Waals surface area contributed by atoms with Crippen LogP contribution in [0.15, 0.2) is 59.0 Å². The molecule has 0 saturated carbocycles. The quantitative estimate of drug-likeness (QED) is 0.533. The minimum Gasteiger partial charge on any atom is -0.459 e. The molecule has 1 atom stereocenters. The number of para-hydroxylation sites is 2. The zero-order valence-electron chi connectivity index (χ0n) is 13.3. The van der Waals surface area contributed by atoms with Gasteiger partial charge in [0.15, 0.2) is 0 Å². The highest BCUT2D eigenvalue weighted by Crippen LogP contribution is 2.29. The Bertz CT molecular complexity index is 883. The van der Waals surface area contributed by atoms with Crippen molar-refractivity contribution in [2.24, 2.45) is 0 Å². The van der Waals surface area contributed by atoms with Crippen molar-refractivity contribution in [1.82, 2.24) is 4.90 Å². The number of rotatable bonds is 4. The van der Waals surface area contributed by atoms with Crippen LogP contribution in [0.5, 0.6) is 0 Å². The Kier molecular flexibility index (Phi) is 4.04. The molecule has 1 aromatic heterocycles. The summed E-state index contributed by atoms with van der Waals surface area (Å²) in [5, 5.41) is 12.1. The summed E-state index contributed by atoms with van der Waals surface area (Å²) in [6.07, 6.45) is 0. The molecule has 0 spiro atoms. The van der Waals surface area contributed by atoms with Gasteiger partial charge in [-0.3, -0.25) is 14.9 Å². The van der Waals surface area contributed by atoms with Crippen LogP contribution >= 0.6 is 0 Å². The van der Waals surface area contributed by atoms with Gasteiger partial charge in [-0.1, -0.05) is 30.3 Å². The van der Waals surface area contributed by atoms with Gasteiger partial charge in [-0.25, -0.2) is 0 Å². The molecule has 24 heavy (non-hydrogen) atoms. The predicted molar refractivity (Wildman–Crippen MR) is 89.8 cm³/mol. The first-order valence-corrected chi connectivity index (χ1v) is 7.48. The number of nitro groups is 1. The van der Waals surface area contributed by atoms with Crippen molar-refractivity contribution < 1.29 is 14.1 Å². The van der Waals surface area contributed by atoms with Crippen LogP contribution in [-0.4, -0.2) is 22.8 Å². The summed E-state index contributed by atoms with van der Waals surface area (Å²) < 4.78 is 5.79. The second-order valence-corrected chi connectivity index (χ2v) is 5.55. The second kappa shape index (κ2) is 6.16. The average Bonchev–Trinajstić information content (AvgIpc) is 3.03. The normalized spacial score (nSPS) is 12.1. The van der Waals surface area contributed by atoms with E-state index < -0.39 is 10.8 Å². The van der Waals surface area contributed by atoms with Crippen molar-refractivity contribution in [3.63, 3.8) is 0 Å². The molecule has 3 aromatic rings. The Morgan fingerprint density at radius 1 is 1.17 bits per heavy atom. The van der Waals surface area contributed by atoms with Crippen molar-refractivity contribution in [3.8, 4) is 0 Å². The summed E-state index contributed by atoms with van der Waals surface area (Å²) in [4.78, 5) is 24.7. The van der Waals surface area contributed by atoms with Crippen molar-refractivity contribution in [2.75, 3.05) is 7.05 Å². The topological polar surface area (TPSA) is 76.6 Å². The Labute approximate surface area is 138 Å². The van der Waals surface area contributed by atoms with E-state index in [2.05, 4.69) is 0 Å². The molecule has 2 aromatic carbocycles. The number of nitrogens with zero attached hydrogens (tertiary/aromatic N) is 2. The van der Waals surface area contributed by atoms with Crippen molar-refractivity contribution in [3.05, 3.63) is 76.0 Å². The number of benzene rings is 2. The summed E-state index contributed by atoms with van der Waals surface area (Å²) in [5.41, 5.74) is 0.602. The van der Waals surface area contributed by atoms with E-state index in [1.54, 1.807) is 13.1 Å². The van der Waals surface area contributed by atoms with Gasteiger partial charge in [-0.15, -0.1) is 0 Å². The standard InChI is InChI=1S/C18H16N2O4/c1-12(17-11-13-7-3-6-10-16(13)24-17)19(2)18(21)14-8-4-5-9-15(14)20(22)23/h3-12H,1-2H3. The van der Waals surface area contributed by atoms with Crippen LogP contribution in [0.2, 0.25) is 0 Å². The van der Waals surface area contributed by atoms with E-state index in [0.717, 1.165) is 11.0 Å². The minimum atomic E-state index is -0.549. The lowest BCUT2D eigenvalue weighted by Crippen LogP contribution is -2.30. The Morgan fingerprint density at radius 2 is 1.83 bits per heavy atom. The van der Waals surface area contributed by atoms with Crippen LogP contribution in [-0.2, 0) is 0 Å². The molecule has 6 heteroatoms. The van der Waals surface area contributed by atoms with E-state index in [-0.39, 0.29) is 17.3 Å². The summed E-state index contributed by atoms with van der Waals surface area (Å²) in [6.45, 7) is 1.82. The van der Waals surface area contributed by atoms with Crippen LogP contribution in [0, 0.1) is 10.1 Å². The van der Waals surface area contributed by atoms with E-state index >= 15 is 0 Å². The van der Waals surface area contributed by atoms with E-state index in [0.29, 0.717) is 5.76 Å². The SMILES string of the molecule is CC(c1cc2ccccc2o1)N(C)C(=O)c1ccccc1[N+](=O)[O-]. The highest BCUT2D eigenvalue weighted by atomic mass is 16.6. The van der Waals surface area contributed by atoms with Crippen molar-refractivity contribution >= 4 is 22.6 Å². The number of carbonyl (C=O) groups is 1. The summed E-state index contributed by atoms with van der Waals surface area (Å²) >= 11 is 0. The molecule has 0 fully saturated rings. The summed E-state index contributed by atoms with van der Waals surface area (Å²) in [7, 11) is 1.61. The fourth-order valence-corrected chi connectivity index (χ4v) is 2.58. The molecule has 1 heterocycles. The van der Waals surface area contributed by atoms with Crippen LogP contribution in [0.4, 0.5) is 5.69 Å². The predicted octanol–water partition coefficient (Wildman–Crippen LogP) is 4.17. The highest BCUT2D eigenvalue weighted by molar-refractivity contribution is 5.98. The summed E-state index contributed by atoms with van der Waals surface area (Å²) in [6, 6.07) is 15.0. The number of carbonyl (C=O) groups excluding carboxylic acids is 1. The molecule has 122 valence electrons. The van der Waals surface area contributed by atoms with Gasteiger partial charge in [0.25, 0.3) is 11.6 Å².